The van der Waals surface area contributed by atoms with E-state index in [9.17, 15) is 18.0 Å². The maximum absolute atomic E-state index is 13.0. The highest BCUT2D eigenvalue weighted by Crippen LogP contribution is 2.29. The second-order valence-corrected chi connectivity index (χ2v) is 9.41. The third kappa shape index (κ3) is 5.40. The molecule has 0 bridgehead atoms. The van der Waals surface area contributed by atoms with Crippen molar-refractivity contribution in [3.8, 4) is 11.5 Å². The van der Waals surface area contributed by atoms with Crippen LogP contribution in [-0.4, -0.2) is 38.3 Å². The number of sulfone groups is 1. The van der Waals surface area contributed by atoms with Crippen LogP contribution in [0.2, 0.25) is 0 Å². The van der Waals surface area contributed by atoms with E-state index in [1.807, 2.05) is 13.8 Å². The summed E-state index contributed by atoms with van der Waals surface area (Å²) in [6, 6.07) is 13.5. The minimum absolute atomic E-state index is 0.0550. The molecule has 10 heteroatoms. The molecule has 0 radical (unpaired) electrons. The van der Waals surface area contributed by atoms with E-state index in [2.05, 4.69) is 10.4 Å². The average molecular weight is 472 g/mol. The van der Waals surface area contributed by atoms with Gasteiger partial charge in [0.25, 0.3) is 5.56 Å². The van der Waals surface area contributed by atoms with Gasteiger partial charge in [-0.2, -0.15) is 5.10 Å². The lowest BCUT2D eigenvalue weighted by atomic mass is 10.0. The minimum Gasteiger partial charge on any atom is -0.493 e. The summed E-state index contributed by atoms with van der Waals surface area (Å²) < 4.78 is 37.1. The summed E-state index contributed by atoms with van der Waals surface area (Å²) in [6.07, 6.45) is 0. The normalized spacial score (nSPS) is 11.3. The number of nitrogens with zero attached hydrogens (tertiary/aromatic N) is 2. The predicted molar refractivity (Wildman–Crippen MR) is 123 cm³/mol. The number of rotatable bonds is 8. The first-order chi connectivity index (χ1) is 15.6. The molecule has 0 spiro atoms. The van der Waals surface area contributed by atoms with Crippen molar-refractivity contribution in [2.75, 3.05) is 19.5 Å². The van der Waals surface area contributed by atoms with Gasteiger partial charge in [0.05, 0.1) is 19.1 Å². The Kier molecular flexibility index (Phi) is 7.17. The third-order valence-corrected chi connectivity index (χ3v) is 6.60. The summed E-state index contributed by atoms with van der Waals surface area (Å²) >= 11 is 0. The van der Waals surface area contributed by atoms with E-state index < -0.39 is 27.8 Å². The van der Waals surface area contributed by atoms with Crippen molar-refractivity contribution in [1.82, 2.24) is 9.78 Å². The molecule has 3 rings (SSSR count). The Labute approximate surface area is 191 Å². The number of carbonyl (C=O) groups excluding carboxylic acids is 1. The first kappa shape index (κ1) is 24.0. The maximum Gasteiger partial charge on any atom is 0.267 e. The van der Waals surface area contributed by atoms with Gasteiger partial charge in [-0.05, 0) is 41.8 Å². The number of ether oxygens (including phenoxy) is 2. The van der Waals surface area contributed by atoms with E-state index in [0.717, 1.165) is 22.4 Å². The monoisotopic (exact) mass is 471 g/mol. The number of hydrogen-bond donors (Lipinski definition) is 1. The summed E-state index contributed by atoms with van der Waals surface area (Å²) in [5.41, 5.74) is 0.810. The van der Waals surface area contributed by atoms with Gasteiger partial charge in [0.2, 0.25) is 15.7 Å². The Bertz CT molecular complexity index is 1310. The van der Waals surface area contributed by atoms with Crippen molar-refractivity contribution in [3.05, 3.63) is 70.5 Å². The Hall–Kier alpha value is -3.66. The number of anilines is 1. The van der Waals surface area contributed by atoms with E-state index in [1.54, 1.807) is 30.3 Å². The summed E-state index contributed by atoms with van der Waals surface area (Å²) in [6.45, 7) is 3.55. The molecule has 1 amide bonds. The Morgan fingerprint density at radius 2 is 1.67 bits per heavy atom. The standard InChI is InChI=1S/C23H25N3O6S/c1-15(2)16-5-8-18(9-6-16)33(29,30)22-11-12-23(28)26(25-22)14-21(27)24-17-7-10-19(31-3)20(13-17)32-4/h5-13,15H,14H2,1-4H3,(H,24,27). The smallest absolute Gasteiger partial charge is 0.267 e. The SMILES string of the molecule is COc1ccc(NC(=O)Cn2nc(S(=O)(=O)c3ccc(C(C)C)cc3)ccc2=O)cc1OC. The molecule has 0 aliphatic heterocycles. The second kappa shape index (κ2) is 9.86. The Morgan fingerprint density at radius 1 is 1.00 bits per heavy atom. The number of hydrogen-bond acceptors (Lipinski definition) is 7. The summed E-state index contributed by atoms with van der Waals surface area (Å²) in [7, 11) is -1.00. The number of aromatic nitrogens is 2. The van der Waals surface area contributed by atoms with Crippen molar-refractivity contribution in [1.29, 1.82) is 0 Å². The molecule has 0 aliphatic carbocycles. The molecule has 0 unspecified atom stereocenters. The molecule has 174 valence electrons. The lowest BCUT2D eigenvalue weighted by molar-refractivity contribution is -0.117. The fourth-order valence-corrected chi connectivity index (χ4v) is 4.28. The van der Waals surface area contributed by atoms with E-state index in [1.165, 1.54) is 26.4 Å². The van der Waals surface area contributed by atoms with Crippen LogP contribution < -0.4 is 20.3 Å². The summed E-state index contributed by atoms with van der Waals surface area (Å²) in [4.78, 5) is 24.8. The van der Waals surface area contributed by atoms with Crippen LogP contribution in [0.1, 0.15) is 25.3 Å². The quantitative estimate of drug-likeness (QED) is 0.537. The number of nitrogens with one attached hydrogen (secondary N) is 1. The van der Waals surface area contributed by atoms with E-state index in [0.29, 0.717) is 17.2 Å². The van der Waals surface area contributed by atoms with Gasteiger partial charge in [-0.1, -0.05) is 26.0 Å². The highest BCUT2D eigenvalue weighted by molar-refractivity contribution is 7.91. The van der Waals surface area contributed by atoms with Crippen LogP contribution in [-0.2, 0) is 21.2 Å². The van der Waals surface area contributed by atoms with Gasteiger partial charge in [-0.3, -0.25) is 9.59 Å². The zero-order valence-electron chi connectivity index (χ0n) is 18.7. The van der Waals surface area contributed by atoms with Crippen LogP contribution in [0.15, 0.2) is 69.3 Å². The van der Waals surface area contributed by atoms with E-state index in [4.69, 9.17) is 9.47 Å². The molecule has 0 atom stereocenters. The van der Waals surface area contributed by atoms with Gasteiger partial charge in [0.1, 0.15) is 6.54 Å². The molecule has 33 heavy (non-hydrogen) atoms. The lowest BCUT2D eigenvalue weighted by Crippen LogP contribution is -2.30. The van der Waals surface area contributed by atoms with Gasteiger partial charge < -0.3 is 14.8 Å². The van der Waals surface area contributed by atoms with Crippen molar-refractivity contribution in [2.24, 2.45) is 0 Å². The molecule has 2 aromatic carbocycles. The largest absolute Gasteiger partial charge is 0.493 e. The van der Waals surface area contributed by atoms with E-state index >= 15 is 0 Å². The molecule has 1 aromatic heterocycles. The second-order valence-electron chi connectivity index (χ2n) is 7.51. The predicted octanol–water partition coefficient (Wildman–Crippen LogP) is 2.86. The van der Waals surface area contributed by atoms with E-state index in [-0.39, 0.29) is 15.8 Å². The molecule has 1 N–H and O–H groups in total. The molecule has 1 heterocycles. The molecule has 0 aliphatic rings. The number of carbonyl (C=O) groups is 1. The third-order valence-electron chi connectivity index (χ3n) is 4.94. The van der Waals surface area contributed by atoms with Crippen molar-refractivity contribution < 1.29 is 22.7 Å². The van der Waals surface area contributed by atoms with Gasteiger partial charge in [-0.25, -0.2) is 13.1 Å². The van der Waals surface area contributed by atoms with Crippen molar-refractivity contribution in [2.45, 2.75) is 36.2 Å². The fourth-order valence-electron chi connectivity index (χ4n) is 3.09. The molecular formula is C23H25N3O6S. The topological polar surface area (TPSA) is 117 Å². The van der Waals surface area contributed by atoms with Crippen LogP contribution >= 0.6 is 0 Å². The number of methoxy groups -OCH3 is 2. The van der Waals surface area contributed by atoms with Crippen LogP contribution in [0.25, 0.3) is 0 Å². The molecule has 0 saturated carbocycles. The fraction of sp³-hybridized carbons (Fsp3) is 0.261. The Morgan fingerprint density at radius 3 is 2.27 bits per heavy atom. The van der Waals surface area contributed by atoms with Crippen LogP contribution in [0, 0.1) is 0 Å². The summed E-state index contributed by atoms with van der Waals surface area (Å²) in [5, 5.41) is 6.24. The molecule has 0 fully saturated rings. The van der Waals surface area contributed by atoms with Crippen molar-refractivity contribution >= 4 is 21.4 Å². The Balaban J connectivity index is 1.82. The maximum atomic E-state index is 13.0. The van der Waals surface area contributed by atoms with Crippen LogP contribution in [0.5, 0.6) is 11.5 Å². The van der Waals surface area contributed by atoms with Gasteiger partial charge in [0, 0.05) is 17.8 Å². The van der Waals surface area contributed by atoms with Gasteiger partial charge in [-0.15, -0.1) is 0 Å². The summed E-state index contributed by atoms with van der Waals surface area (Å²) in [5.74, 6) is 0.605. The first-order valence-electron chi connectivity index (χ1n) is 10.1. The van der Waals surface area contributed by atoms with Gasteiger partial charge in [0.15, 0.2) is 16.5 Å². The number of benzene rings is 2. The molecule has 3 aromatic rings. The zero-order valence-corrected chi connectivity index (χ0v) is 19.5. The highest BCUT2D eigenvalue weighted by Gasteiger charge is 2.21. The zero-order chi connectivity index (χ0) is 24.2. The number of amides is 1. The van der Waals surface area contributed by atoms with Crippen molar-refractivity contribution in [3.63, 3.8) is 0 Å². The molecule has 0 saturated heterocycles. The first-order valence-corrected chi connectivity index (χ1v) is 11.6. The minimum atomic E-state index is -3.97. The van der Waals surface area contributed by atoms with Gasteiger partial charge >= 0.3 is 0 Å². The molecule has 9 nitrogen and oxygen atoms in total. The molecular weight excluding hydrogens is 446 g/mol. The van der Waals surface area contributed by atoms with Crippen LogP contribution in [0.4, 0.5) is 5.69 Å². The van der Waals surface area contributed by atoms with Crippen LogP contribution in [0.3, 0.4) is 0 Å². The highest BCUT2D eigenvalue weighted by atomic mass is 32.2. The lowest BCUT2D eigenvalue weighted by Gasteiger charge is -2.11. The average Bonchev–Trinajstić information content (AvgIpc) is 2.80.